The van der Waals surface area contributed by atoms with Gasteiger partial charge in [-0.3, -0.25) is 0 Å². The maximum Gasteiger partial charge on any atom is 0.111 e. The number of aromatic nitrogens is 2. The van der Waals surface area contributed by atoms with Crippen molar-refractivity contribution in [3.05, 3.63) is 18.2 Å². The lowest BCUT2D eigenvalue weighted by atomic mass is 9.95. The Balaban J connectivity index is 2.04. The average molecular weight is 324 g/mol. The number of rotatable bonds is 12. The van der Waals surface area contributed by atoms with Crippen LogP contribution < -0.4 is 5.32 Å². The quantitative estimate of drug-likeness (QED) is 0.573. The summed E-state index contributed by atoms with van der Waals surface area (Å²) in [7, 11) is 0. The first-order chi connectivity index (χ1) is 10.8. The van der Waals surface area contributed by atoms with E-state index in [2.05, 4.69) is 41.8 Å². The standard InChI is InChI=1S/C19H37N3O/c1-16(2)18-21-13-15-22(18)14-7-11-20-12-9-17(3)8-6-10-19(4,5)23/h13,15-17,20,23H,6-12,14H2,1-5H3/t17-/m1/s1. The van der Waals surface area contributed by atoms with Gasteiger partial charge in [0, 0.05) is 24.9 Å². The predicted molar refractivity (Wildman–Crippen MR) is 97.7 cm³/mol. The van der Waals surface area contributed by atoms with Crippen molar-refractivity contribution >= 4 is 0 Å². The molecular weight excluding hydrogens is 286 g/mol. The number of imidazole rings is 1. The van der Waals surface area contributed by atoms with Gasteiger partial charge >= 0.3 is 0 Å². The molecule has 0 aliphatic rings. The van der Waals surface area contributed by atoms with Gasteiger partial charge in [-0.25, -0.2) is 4.98 Å². The number of nitrogens with zero attached hydrogens (tertiary/aromatic N) is 2. The Morgan fingerprint density at radius 2 is 1.91 bits per heavy atom. The number of hydrogen-bond acceptors (Lipinski definition) is 3. The van der Waals surface area contributed by atoms with E-state index < -0.39 is 5.60 Å². The van der Waals surface area contributed by atoms with Crippen molar-refractivity contribution in [2.24, 2.45) is 5.92 Å². The second kappa shape index (κ2) is 10.1. The minimum atomic E-state index is -0.514. The minimum absolute atomic E-state index is 0.489. The molecule has 0 aliphatic carbocycles. The Kier molecular flexibility index (Phi) is 8.85. The summed E-state index contributed by atoms with van der Waals surface area (Å²) in [5, 5.41) is 13.3. The van der Waals surface area contributed by atoms with Crippen LogP contribution in [0.4, 0.5) is 0 Å². The summed E-state index contributed by atoms with van der Waals surface area (Å²) in [5.41, 5.74) is -0.514. The Morgan fingerprint density at radius 1 is 1.17 bits per heavy atom. The normalized spacial score (nSPS) is 13.7. The van der Waals surface area contributed by atoms with Crippen LogP contribution in [0.1, 0.15) is 78.5 Å². The molecule has 0 unspecified atom stereocenters. The third-order valence-electron chi connectivity index (χ3n) is 4.32. The summed E-state index contributed by atoms with van der Waals surface area (Å²) < 4.78 is 2.27. The van der Waals surface area contributed by atoms with Crippen molar-refractivity contribution in [2.75, 3.05) is 13.1 Å². The molecule has 0 amide bonds. The first-order valence-electron chi connectivity index (χ1n) is 9.23. The van der Waals surface area contributed by atoms with Crippen LogP contribution in [0.25, 0.3) is 0 Å². The van der Waals surface area contributed by atoms with Crippen molar-refractivity contribution in [1.82, 2.24) is 14.9 Å². The van der Waals surface area contributed by atoms with Crippen LogP contribution >= 0.6 is 0 Å². The number of hydrogen-bond donors (Lipinski definition) is 2. The summed E-state index contributed by atoms with van der Waals surface area (Å²) in [5.74, 6) is 2.40. The van der Waals surface area contributed by atoms with Crippen LogP contribution in [0, 0.1) is 5.92 Å². The van der Waals surface area contributed by atoms with Gasteiger partial charge in [0.05, 0.1) is 5.60 Å². The molecule has 1 aromatic rings. The van der Waals surface area contributed by atoms with Gasteiger partial charge in [-0.05, 0) is 52.1 Å². The Morgan fingerprint density at radius 3 is 2.57 bits per heavy atom. The molecular formula is C19H37N3O. The van der Waals surface area contributed by atoms with Gasteiger partial charge in [0.1, 0.15) is 5.82 Å². The molecule has 0 bridgehead atoms. The van der Waals surface area contributed by atoms with Crippen molar-refractivity contribution in [1.29, 1.82) is 0 Å². The van der Waals surface area contributed by atoms with Crippen LogP contribution in [0.2, 0.25) is 0 Å². The van der Waals surface area contributed by atoms with Crippen molar-refractivity contribution in [3.63, 3.8) is 0 Å². The van der Waals surface area contributed by atoms with E-state index >= 15 is 0 Å². The van der Waals surface area contributed by atoms with Gasteiger partial charge in [0.2, 0.25) is 0 Å². The average Bonchev–Trinajstić information content (AvgIpc) is 2.89. The number of aryl methyl sites for hydroxylation is 1. The van der Waals surface area contributed by atoms with Crippen LogP contribution in [0.5, 0.6) is 0 Å². The molecule has 0 radical (unpaired) electrons. The van der Waals surface area contributed by atoms with Crippen LogP contribution in [0.15, 0.2) is 12.4 Å². The zero-order chi connectivity index (χ0) is 17.3. The molecule has 1 atom stereocenters. The van der Waals surface area contributed by atoms with Crippen molar-refractivity contribution < 1.29 is 5.11 Å². The largest absolute Gasteiger partial charge is 0.390 e. The van der Waals surface area contributed by atoms with Gasteiger partial charge in [-0.15, -0.1) is 0 Å². The maximum atomic E-state index is 9.72. The second-order valence-electron chi connectivity index (χ2n) is 7.84. The molecule has 134 valence electrons. The molecule has 0 saturated heterocycles. The van der Waals surface area contributed by atoms with Gasteiger partial charge in [0.15, 0.2) is 0 Å². The van der Waals surface area contributed by atoms with E-state index in [1.165, 1.54) is 18.7 Å². The summed E-state index contributed by atoms with van der Waals surface area (Å²) in [4.78, 5) is 4.42. The summed E-state index contributed by atoms with van der Waals surface area (Å²) in [6.45, 7) is 13.7. The third-order valence-corrected chi connectivity index (χ3v) is 4.32. The smallest absolute Gasteiger partial charge is 0.111 e. The van der Waals surface area contributed by atoms with E-state index in [-0.39, 0.29) is 0 Å². The number of nitrogens with one attached hydrogen (secondary N) is 1. The van der Waals surface area contributed by atoms with E-state index in [1.54, 1.807) is 0 Å². The topological polar surface area (TPSA) is 50.1 Å². The summed E-state index contributed by atoms with van der Waals surface area (Å²) in [6.07, 6.45) is 9.56. The lowest BCUT2D eigenvalue weighted by Gasteiger charge is -2.18. The predicted octanol–water partition coefficient (Wildman–Crippen LogP) is 3.95. The highest BCUT2D eigenvalue weighted by Gasteiger charge is 2.12. The summed E-state index contributed by atoms with van der Waals surface area (Å²) in [6, 6.07) is 0. The summed E-state index contributed by atoms with van der Waals surface area (Å²) >= 11 is 0. The SMILES string of the molecule is CC(C)c1nccn1CCCNCC[C@H](C)CCCC(C)(C)O. The molecule has 1 aromatic heterocycles. The molecule has 1 rings (SSSR count). The number of aliphatic hydroxyl groups is 1. The van der Waals surface area contributed by atoms with Crippen molar-refractivity contribution in [2.45, 2.75) is 84.8 Å². The fourth-order valence-electron chi connectivity index (χ4n) is 2.89. The fraction of sp³-hybridized carbons (Fsp3) is 0.842. The molecule has 2 N–H and O–H groups in total. The van der Waals surface area contributed by atoms with Gasteiger partial charge in [0.25, 0.3) is 0 Å². The Bertz CT molecular complexity index is 420. The fourth-order valence-corrected chi connectivity index (χ4v) is 2.89. The highest BCUT2D eigenvalue weighted by atomic mass is 16.3. The van der Waals surface area contributed by atoms with E-state index in [9.17, 15) is 5.11 Å². The first-order valence-corrected chi connectivity index (χ1v) is 9.23. The van der Waals surface area contributed by atoms with Crippen LogP contribution in [-0.4, -0.2) is 33.3 Å². The van der Waals surface area contributed by atoms with Crippen LogP contribution in [0.3, 0.4) is 0 Å². The molecule has 0 saturated carbocycles. The Labute approximate surface area is 142 Å². The molecule has 0 aromatic carbocycles. The zero-order valence-corrected chi connectivity index (χ0v) is 15.8. The molecule has 0 aliphatic heterocycles. The minimum Gasteiger partial charge on any atom is -0.390 e. The van der Waals surface area contributed by atoms with Crippen LogP contribution in [-0.2, 0) is 6.54 Å². The third kappa shape index (κ3) is 9.11. The van der Waals surface area contributed by atoms with Gasteiger partial charge < -0.3 is 15.0 Å². The molecule has 4 nitrogen and oxygen atoms in total. The molecule has 1 heterocycles. The first kappa shape index (κ1) is 20.2. The Hall–Kier alpha value is -0.870. The highest BCUT2D eigenvalue weighted by Crippen LogP contribution is 2.17. The molecule has 4 heteroatoms. The second-order valence-corrected chi connectivity index (χ2v) is 7.84. The highest BCUT2D eigenvalue weighted by molar-refractivity contribution is 4.97. The van der Waals surface area contributed by atoms with E-state index in [4.69, 9.17) is 0 Å². The zero-order valence-electron chi connectivity index (χ0n) is 15.8. The van der Waals surface area contributed by atoms with Crippen molar-refractivity contribution in [3.8, 4) is 0 Å². The molecule has 23 heavy (non-hydrogen) atoms. The molecule has 0 fully saturated rings. The van der Waals surface area contributed by atoms with Gasteiger partial charge in [-0.1, -0.05) is 33.6 Å². The van der Waals surface area contributed by atoms with E-state index in [0.29, 0.717) is 5.92 Å². The van der Waals surface area contributed by atoms with E-state index in [1.807, 2.05) is 20.0 Å². The lowest BCUT2D eigenvalue weighted by Crippen LogP contribution is -2.21. The monoisotopic (exact) mass is 323 g/mol. The molecule has 0 spiro atoms. The lowest BCUT2D eigenvalue weighted by molar-refractivity contribution is 0.0669. The van der Waals surface area contributed by atoms with Gasteiger partial charge in [-0.2, -0.15) is 0 Å². The van der Waals surface area contributed by atoms with E-state index in [0.717, 1.165) is 44.8 Å². The maximum absolute atomic E-state index is 9.72.